The lowest BCUT2D eigenvalue weighted by molar-refractivity contribution is 0.0454. The van der Waals surface area contributed by atoms with Crippen LogP contribution in [0.3, 0.4) is 0 Å². The van der Waals surface area contributed by atoms with Crippen LogP contribution in [0.15, 0.2) is 41.6 Å². The fourth-order valence-corrected chi connectivity index (χ4v) is 5.93. The van der Waals surface area contributed by atoms with Crippen molar-refractivity contribution in [3.8, 4) is 11.6 Å². The molecule has 37 heavy (non-hydrogen) atoms. The van der Waals surface area contributed by atoms with Gasteiger partial charge >= 0.3 is 6.09 Å². The zero-order valence-electron chi connectivity index (χ0n) is 21.0. The number of likely N-dealkylation sites (tertiary alicyclic amines) is 1. The van der Waals surface area contributed by atoms with Crippen molar-refractivity contribution in [3.05, 3.63) is 36.7 Å². The molecule has 1 N–H and O–H groups in total. The van der Waals surface area contributed by atoms with Crippen molar-refractivity contribution in [1.82, 2.24) is 19.2 Å². The number of sulfonamides is 1. The predicted molar refractivity (Wildman–Crippen MR) is 135 cm³/mol. The number of hydrogen-bond donors (Lipinski definition) is 1. The van der Waals surface area contributed by atoms with E-state index in [-0.39, 0.29) is 22.3 Å². The molecule has 5 rings (SSSR count). The summed E-state index contributed by atoms with van der Waals surface area (Å²) in [4.78, 5) is 25.1. The third-order valence-corrected chi connectivity index (χ3v) is 9.19. The third kappa shape index (κ3) is 6.07. The SMILES string of the molecule is CC1(OC(=O)N2CCC(COc3cnc(N4CCN(S(=O)(=O)c5ccc(O)cc5)CC4)cn3)CC2)CC1. The molecule has 0 unspecified atom stereocenters. The molecule has 1 saturated carbocycles. The monoisotopic (exact) mass is 531 g/mol. The molecule has 1 aromatic carbocycles. The van der Waals surface area contributed by atoms with Gasteiger partial charge in [-0.05, 0) is 62.8 Å². The van der Waals surface area contributed by atoms with Crippen LogP contribution in [0.25, 0.3) is 0 Å². The highest BCUT2D eigenvalue weighted by Crippen LogP contribution is 2.39. The van der Waals surface area contributed by atoms with Gasteiger partial charge < -0.3 is 24.4 Å². The van der Waals surface area contributed by atoms with Crippen LogP contribution in [-0.2, 0) is 14.8 Å². The second-order valence-corrected chi connectivity index (χ2v) is 12.1. The van der Waals surface area contributed by atoms with E-state index >= 15 is 0 Å². The highest BCUT2D eigenvalue weighted by molar-refractivity contribution is 7.89. The Morgan fingerprint density at radius 2 is 1.70 bits per heavy atom. The van der Waals surface area contributed by atoms with Crippen LogP contribution in [0, 0.1) is 5.92 Å². The summed E-state index contributed by atoms with van der Waals surface area (Å²) in [6, 6.07) is 5.57. The number of piperazine rings is 1. The number of aromatic nitrogens is 2. The van der Waals surface area contributed by atoms with Gasteiger partial charge in [-0.1, -0.05) is 0 Å². The molecule has 200 valence electrons. The van der Waals surface area contributed by atoms with Gasteiger partial charge in [-0.25, -0.2) is 23.2 Å². The first kappa shape index (κ1) is 25.5. The normalized spacial score (nSPS) is 20.5. The van der Waals surface area contributed by atoms with Gasteiger partial charge in [0.1, 0.15) is 17.2 Å². The average molecular weight is 532 g/mol. The molecule has 2 saturated heterocycles. The molecule has 1 amide bonds. The van der Waals surface area contributed by atoms with Crippen molar-refractivity contribution in [2.24, 2.45) is 5.92 Å². The van der Waals surface area contributed by atoms with Crippen molar-refractivity contribution < 1.29 is 27.8 Å². The smallest absolute Gasteiger partial charge is 0.410 e. The number of ether oxygens (including phenoxy) is 2. The Morgan fingerprint density at radius 1 is 1.03 bits per heavy atom. The number of aromatic hydroxyl groups is 1. The maximum absolute atomic E-state index is 12.9. The Morgan fingerprint density at radius 3 is 2.30 bits per heavy atom. The molecule has 1 aromatic heterocycles. The minimum absolute atomic E-state index is 0.0281. The molecule has 0 atom stereocenters. The standard InChI is InChI=1S/C25H33N5O6S/c1-25(8-9-25)36-24(32)29-10-6-19(7-11-29)18-35-23-17-26-22(16-27-23)28-12-14-30(15-13-28)37(33,34)21-4-2-20(31)3-5-21/h2-5,16-17,19,31H,6-15,18H2,1H3. The zero-order chi connectivity index (χ0) is 26.0. The van der Waals surface area contributed by atoms with Crippen molar-refractivity contribution in [3.63, 3.8) is 0 Å². The van der Waals surface area contributed by atoms with E-state index in [1.165, 1.54) is 28.6 Å². The summed E-state index contributed by atoms with van der Waals surface area (Å²) in [6.45, 7) is 5.47. The van der Waals surface area contributed by atoms with E-state index < -0.39 is 10.0 Å². The highest BCUT2D eigenvalue weighted by atomic mass is 32.2. The highest BCUT2D eigenvalue weighted by Gasteiger charge is 2.43. The minimum atomic E-state index is -3.61. The van der Waals surface area contributed by atoms with Crippen LogP contribution < -0.4 is 9.64 Å². The number of rotatable bonds is 7. The van der Waals surface area contributed by atoms with E-state index in [0.717, 1.165) is 25.7 Å². The quantitative estimate of drug-likeness (QED) is 0.573. The molecule has 0 spiro atoms. The Balaban J connectivity index is 1.06. The van der Waals surface area contributed by atoms with Crippen LogP contribution in [0.1, 0.15) is 32.6 Å². The molecule has 2 aromatic rings. The number of phenolic OH excluding ortho intramolecular Hbond substituents is 1. The number of anilines is 1. The maximum Gasteiger partial charge on any atom is 0.410 e. The van der Waals surface area contributed by atoms with Gasteiger partial charge in [0.25, 0.3) is 0 Å². The molecule has 2 aliphatic heterocycles. The average Bonchev–Trinajstić information content (AvgIpc) is 3.64. The Hall–Kier alpha value is -3.12. The Bertz CT molecular complexity index is 1190. The lowest BCUT2D eigenvalue weighted by Crippen LogP contribution is -2.48. The largest absolute Gasteiger partial charge is 0.508 e. The summed E-state index contributed by atoms with van der Waals surface area (Å²) in [7, 11) is -3.61. The summed E-state index contributed by atoms with van der Waals surface area (Å²) in [5.74, 6) is 1.48. The summed E-state index contributed by atoms with van der Waals surface area (Å²) in [5.41, 5.74) is -0.249. The van der Waals surface area contributed by atoms with Crippen LogP contribution in [-0.4, -0.2) is 90.3 Å². The summed E-state index contributed by atoms with van der Waals surface area (Å²) in [5, 5.41) is 9.42. The van der Waals surface area contributed by atoms with Gasteiger partial charge in [0.05, 0.1) is 23.9 Å². The van der Waals surface area contributed by atoms with E-state index in [2.05, 4.69) is 9.97 Å². The van der Waals surface area contributed by atoms with E-state index in [4.69, 9.17) is 9.47 Å². The third-order valence-electron chi connectivity index (χ3n) is 7.28. The lowest BCUT2D eigenvalue weighted by atomic mass is 9.98. The molecule has 12 heteroatoms. The van der Waals surface area contributed by atoms with Crippen molar-refractivity contribution in [1.29, 1.82) is 0 Å². The molecule has 3 heterocycles. The first-order valence-corrected chi connectivity index (χ1v) is 14.1. The number of carbonyl (C=O) groups excluding carboxylic acids is 1. The van der Waals surface area contributed by atoms with Gasteiger partial charge in [-0.3, -0.25) is 0 Å². The first-order valence-electron chi connectivity index (χ1n) is 12.7. The zero-order valence-corrected chi connectivity index (χ0v) is 21.8. The molecular weight excluding hydrogens is 498 g/mol. The van der Waals surface area contributed by atoms with E-state index in [9.17, 15) is 18.3 Å². The van der Waals surface area contributed by atoms with Gasteiger partial charge in [0.15, 0.2) is 0 Å². The van der Waals surface area contributed by atoms with Gasteiger partial charge in [0.2, 0.25) is 15.9 Å². The van der Waals surface area contributed by atoms with Crippen LogP contribution in [0.2, 0.25) is 0 Å². The number of phenols is 1. The summed E-state index contributed by atoms with van der Waals surface area (Å²) < 4.78 is 38.6. The van der Waals surface area contributed by atoms with Crippen molar-refractivity contribution in [2.75, 3.05) is 50.8 Å². The fourth-order valence-electron chi connectivity index (χ4n) is 4.51. The second kappa shape index (κ2) is 10.3. The lowest BCUT2D eigenvalue weighted by Gasteiger charge is -2.34. The van der Waals surface area contributed by atoms with Crippen molar-refractivity contribution >= 4 is 21.9 Å². The number of hydrogen-bond acceptors (Lipinski definition) is 9. The minimum Gasteiger partial charge on any atom is -0.508 e. The molecule has 11 nitrogen and oxygen atoms in total. The summed E-state index contributed by atoms with van der Waals surface area (Å²) in [6.07, 6.45) is 6.64. The van der Waals surface area contributed by atoms with Gasteiger partial charge in [-0.15, -0.1) is 0 Å². The second-order valence-electron chi connectivity index (χ2n) is 10.2. The predicted octanol–water partition coefficient (Wildman–Crippen LogP) is 2.47. The topological polar surface area (TPSA) is 125 Å². The van der Waals surface area contributed by atoms with E-state index in [1.54, 1.807) is 17.3 Å². The fraction of sp³-hybridized carbons (Fsp3) is 0.560. The molecule has 3 fully saturated rings. The number of carbonyl (C=O) groups is 1. The maximum atomic E-state index is 12.9. The number of benzene rings is 1. The molecule has 0 bridgehead atoms. The van der Waals surface area contributed by atoms with Crippen molar-refractivity contribution in [2.45, 2.75) is 43.1 Å². The Labute approximate surface area is 217 Å². The molecule has 0 radical (unpaired) electrons. The van der Waals surface area contributed by atoms with Crippen LogP contribution in [0.4, 0.5) is 10.6 Å². The number of piperidine rings is 1. The first-order chi connectivity index (χ1) is 17.7. The van der Waals surface area contributed by atoms with Crippen LogP contribution >= 0.6 is 0 Å². The number of nitrogens with zero attached hydrogens (tertiary/aromatic N) is 5. The number of amides is 1. The van der Waals surface area contributed by atoms with E-state index in [1.807, 2.05) is 11.8 Å². The Kier molecular flexibility index (Phi) is 7.13. The van der Waals surface area contributed by atoms with Gasteiger partial charge in [0, 0.05) is 39.3 Å². The van der Waals surface area contributed by atoms with Gasteiger partial charge in [-0.2, -0.15) is 4.31 Å². The van der Waals surface area contributed by atoms with Crippen LogP contribution in [0.5, 0.6) is 11.6 Å². The summed E-state index contributed by atoms with van der Waals surface area (Å²) >= 11 is 0. The molecule has 1 aliphatic carbocycles. The molecule has 3 aliphatic rings. The molecular formula is C25H33N5O6S. The van der Waals surface area contributed by atoms with E-state index in [0.29, 0.717) is 63.5 Å².